The number of aryl methyl sites for hydroxylation is 1. The maximum absolute atomic E-state index is 12.3. The Bertz CT molecular complexity index is 914. The number of nitrogens with one attached hydrogen (secondary N) is 1. The van der Waals surface area contributed by atoms with Gasteiger partial charge in [0.1, 0.15) is 5.84 Å². The Morgan fingerprint density at radius 1 is 1.18 bits per heavy atom. The van der Waals surface area contributed by atoms with Gasteiger partial charge in [-0.15, -0.1) is 12.4 Å². The smallest absolute Gasteiger partial charge is 0.253 e. The van der Waals surface area contributed by atoms with E-state index in [2.05, 4.69) is 11.8 Å². The zero-order valence-corrected chi connectivity index (χ0v) is 17.6. The molecule has 2 aromatic rings. The quantitative estimate of drug-likeness (QED) is 0.461. The highest BCUT2D eigenvalue weighted by Crippen LogP contribution is 2.15. The van der Waals surface area contributed by atoms with Gasteiger partial charge in [0.2, 0.25) is 0 Å². The lowest BCUT2D eigenvalue weighted by molar-refractivity contribution is 0.0801. The Kier molecular flexibility index (Phi) is 8.56. The van der Waals surface area contributed by atoms with Crippen LogP contribution in [0.25, 0.3) is 0 Å². The number of hydrogen-bond acceptors (Lipinski definition) is 3. The van der Waals surface area contributed by atoms with Crippen LogP contribution in [0, 0.1) is 24.2 Å². The first kappa shape index (κ1) is 23.1. The van der Waals surface area contributed by atoms with Crippen molar-refractivity contribution < 1.29 is 4.79 Å². The molecule has 0 saturated heterocycles. The Morgan fingerprint density at radius 2 is 1.89 bits per heavy atom. The second kappa shape index (κ2) is 10.4. The molecule has 148 valence electrons. The average Bonchev–Trinajstić information content (AvgIpc) is 2.67. The van der Waals surface area contributed by atoms with Gasteiger partial charge in [0.05, 0.1) is 6.54 Å². The third kappa shape index (κ3) is 5.77. The maximum Gasteiger partial charge on any atom is 0.253 e. The number of carbonyl (C=O) groups excluding carboxylic acids is 1. The van der Waals surface area contributed by atoms with E-state index >= 15 is 0 Å². The summed E-state index contributed by atoms with van der Waals surface area (Å²) in [7, 11) is 3.74. The Morgan fingerprint density at radius 3 is 2.50 bits per heavy atom. The molecule has 1 amide bonds. The number of amides is 1. The molecule has 0 atom stereocenters. The molecule has 0 saturated carbocycles. The molecule has 0 heterocycles. The summed E-state index contributed by atoms with van der Waals surface area (Å²) in [6.07, 6.45) is 0. The Balaban J connectivity index is 0.00000392. The highest BCUT2D eigenvalue weighted by molar-refractivity contribution is 5.96. The van der Waals surface area contributed by atoms with Crippen LogP contribution in [0.5, 0.6) is 0 Å². The van der Waals surface area contributed by atoms with Crippen molar-refractivity contribution in [1.82, 2.24) is 4.90 Å². The number of nitrogen functional groups attached to an aromatic ring is 1. The second-order valence-corrected chi connectivity index (χ2v) is 6.47. The minimum absolute atomic E-state index is 0. The molecule has 0 spiro atoms. The van der Waals surface area contributed by atoms with Gasteiger partial charge in [-0.3, -0.25) is 10.2 Å². The SMILES string of the molecule is CCN(C)C(=O)c1ccc(C#CCN(C)c2cccc(C(=N)N)c2)cc1C.Cl. The van der Waals surface area contributed by atoms with Gasteiger partial charge in [-0.1, -0.05) is 24.0 Å². The molecule has 3 N–H and O–H groups in total. The first-order chi connectivity index (χ1) is 12.8. The minimum atomic E-state index is 0. The first-order valence-corrected chi connectivity index (χ1v) is 8.84. The van der Waals surface area contributed by atoms with E-state index in [0.717, 1.165) is 16.8 Å². The zero-order chi connectivity index (χ0) is 20.0. The molecule has 2 rings (SSSR count). The minimum Gasteiger partial charge on any atom is -0.384 e. The van der Waals surface area contributed by atoms with Crippen molar-refractivity contribution >= 4 is 29.8 Å². The van der Waals surface area contributed by atoms with Gasteiger partial charge >= 0.3 is 0 Å². The summed E-state index contributed by atoms with van der Waals surface area (Å²) in [5.74, 6) is 6.38. The number of nitrogens with zero attached hydrogens (tertiary/aromatic N) is 2. The van der Waals surface area contributed by atoms with Crippen molar-refractivity contribution in [3.8, 4) is 11.8 Å². The fourth-order valence-electron chi connectivity index (χ4n) is 2.59. The molecule has 0 radical (unpaired) electrons. The van der Waals surface area contributed by atoms with Crippen molar-refractivity contribution in [2.75, 3.05) is 32.1 Å². The first-order valence-electron chi connectivity index (χ1n) is 8.84. The standard InChI is InChI=1S/C22H26N4O.ClH/c1-5-25(3)22(27)20-12-11-17(14-16(20)2)8-7-13-26(4)19-10-6-9-18(15-19)21(23)24;/h6,9-12,14-15H,5,13H2,1-4H3,(H3,23,24);1H. The second-order valence-electron chi connectivity index (χ2n) is 6.47. The molecule has 6 heteroatoms. The Labute approximate surface area is 173 Å². The van der Waals surface area contributed by atoms with Crippen molar-refractivity contribution in [2.45, 2.75) is 13.8 Å². The van der Waals surface area contributed by atoms with Crippen LogP contribution in [0.3, 0.4) is 0 Å². The average molecular weight is 399 g/mol. The van der Waals surface area contributed by atoms with E-state index in [1.54, 1.807) is 11.9 Å². The summed E-state index contributed by atoms with van der Waals surface area (Å²) in [5, 5.41) is 7.53. The van der Waals surface area contributed by atoms with Gasteiger partial charge in [0, 0.05) is 43.0 Å². The lowest BCUT2D eigenvalue weighted by atomic mass is 10.0. The number of carbonyl (C=O) groups is 1. The van der Waals surface area contributed by atoms with Gasteiger partial charge in [0.15, 0.2) is 0 Å². The molecular weight excluding hydrogens is 372 g/mol. The van der Waals surface area contributed by atoms with Gasteiger partial charge in [-0.2, -0.15) is 0 Å². The van der Waals surface area contributed by atoms with E-state index in [4.69, 9.17) is 11.1 Å². The van der Waals surface area contributed by atoms with Gasteiger partial charge in [0.25, 0.3) is 5.91 Å². The predicted molar refractivity (Wildman–Crippen MR) is 119 cm³/mol. The summed E-state index contributed by atoms with van der Waals surface area (Å²) in [5.41, 5.74) is 9.71. The number of hydrogen-bond donors (Lipinski definition) is 2. The summed E-state index contributed by atoms with van der Waals surface area (Å²) in [6, 6.07) is 13.2. The van der Waals surface area contributed by atoms with Crippen LogP contribution in [0.4, 0.5) is 5.69 Å². The van der Waals surface area contributed by atoms with E-state index in [9.17, 15) is 4.79 Å². The third-order valence-corrected chi connectivity index (χ3v) is 4.42. The van der Waals surface area contributed by atoms with Crippen LogP contribution >= 0.6 is 12.4 Å². The number of anilines is 1. The largest absolute Gasteiger partial charge is 0.384 e. The van der Waals surface area contributed by atoms with Crippen molar-refractivity contribution in [1.29, 1.82) is 5.41 Å². The lowest BCUT2D eigenvalue weighted by Gasteiger charge is -2.17. The lowest BCUT2D eigenvalue weighted by Crippen LogP contribution is -2.26. The molecule has 5 nitrogen and oxygen atoms in total. The fraction of sp³-hybridized carbons (Fsp3) is 0.273. The van der Waals surface area contributed by atoms with E-state index < -0.39 is 0 Å². The molecule has 28 heavy (non-hydrogen) atoms. The molecule has 0 bridgehead atoms. The van der Waals surface area contributed by atoms with E-state index in [1.807, 2.05) is 68.3 Å². The van der Waals surface area contributed by atoms with Gasteiger partial charge < -0.3 is 15.5 Å². The van der Waals surface area contributed by atoms with Gasteiger partial charge in [-0.25, -0.2) is 0 Å². The highest BCUT2D eigenvalue weighted by Gasteiger charge is 2.12. The van der Waals surface area contributed by atoms with Crippen LogP contribution in [-0.4, -0.2) is 43.8 Å². The number of nitrogens with two attached hydrogens (primary N) is 1. The normalized spacial score (nSPS) is 9.57. The molecular formula is C22H27ClN4O. The zero-order valence-electron chi connectivity index (χ0n) is 16.7. The fourth-order valence-corrected chi connectivity index (χ4v) is 2.59. The van der Waals surface area contributed by atoms with Crippen molar-refractivity contribution in [3.05, 3.63) is 64.7 Å². The summed E-state index contributed by atoms with van der Waals surface area (Å²) in [4.78, 5) is 16.0. The monoisotopic (exact) mass is 398 g/mol. The van der Waals surface area contributed by atoms with Crippen LogP contribution in [0.1, 0.15) is 34.0 Å². The Hall–Kier alpha value is -2.97. The third-order valence-electron chi connectivity index (χ3n) is 4.42. The van der Waals surface area contributed by atoms with E-state index in [1.165, 1.54) is 0 Å². The van der Waals surface area contributed by atoms with Crippen LogP contribution < -0.4 is 10.6 Å². The molecule has 0 unspecified atom stereocenters. The summed E-state index contributed by atoms with van der Waals surface area (Å²) in [6.45, 7) is 5.10. The summed E-state index contributed by atoms with van der Waals surface area (Å²) >= 11 is 0. The number of benzene rings is 2. The topological polar surface area (TPSA) is 73.4 Å². The number of amidine groups is 1. The van der Waals surface area contributed by atoms with Gasteiger partial charge in [-0.05, 0) is 49.7 Å². The van der Waals surface area contributed by atoms with Crippen molar-refractivity contribution in [3.63, 3.8) is 0 Å². The predicted octanol–water partition coefficient (Wildman–Crippen LogP) is 3.28. The molecule has 0 fully saturated rings. The van der Waals surface area contributed by atoms with Crippen LogP contribution in [0.2, 0.25) is 0 Å². The summed E-state index contributed by atoms with van der Waals surface area (Å²) < 4.78 is 0. The van der Waals surface area contributed by atoms with Crippen LogP contribution in [-0.2, 0) is 0 Å². The molecule has 0 aromatic heterocycles. The van der Waals surface area contributed by atoms with Crippen molar-refractivity contribution in [2.24, 2.45) is 5.73 Å². The maximum atomic E-state index is 12.3. The number of rotatable bonds is 5. The molecule has 0 aliphatic rings. The van der Waals surface area contributed by atoms with E-state index in [0.29, 0.717) is 24.2 Å². The molecule has 2 aromatic carbocycles. The molecule has 0 aliphatic carbocycles. The van der Waals surface area contributed by atoms with E-state index in [-0.39, 0.29) is 24.1 Å². The van der Waals surface area contributed by atoms with Crippen LogP contribution in [0.15, 0.2) is 42.5 Å². The molecule has 0 aliphatic heterocycles. The highest BCUT2D eigenvalue weighted by atomic mass is 35.5. The number of halogens is 1.